The Kier molecular flexibility index (Phi) is 4.40. The molecule has 136 valence electrons. The second-order valence-electron chi connectivity index (χ2n) is 6.38. The largest absolute Gasteiger partial charge is 0.291 e. The number of nitrogens with zero attached hydrogens (tertiary/aromatic N) is 1. The van der Waals surface area contributed by atoms with Crippen LogP contribution in [0.5, 0.6) is 0 Å². The van der Waals surface area contributed by atoms with Crippen LogP contribution in [0.15, 0.2) is 77.7 Å². The minimum absolute atomic E-state index is 0.145. The number of rotatable bonds is 2. The third-order valence-electron chi connectivity index (χ3n) is 4.62. The zero-order valence-corrected chi connectivity index (χ0v) is 16.9. The van der Waals surface area contributed by atoms with E-state index in [0.717, 1.165) is 11.1 Å². The quantitative estimate of drug-likeness (QED) is 0.424. The van der Waals surface area contributed by atoms with Crippen LogP contribution in [0.25, 0.3) is 11.1 Å². The summed E-state index contributed by atoms with van der Waals surface area (Å²) in [5.74, 6) is -0.294. The number of para-hydroxylation sites is 1. The van der Waals surface area contributed by atoms with E-state index in [0.29, 0.717) is 16.8 Å². The van der Waals surface area contributed by atoms with Gasteiger partial charge in [-0.3, -0.25) is 4.79 Å². The van der Waals surface area contributed by atoms with Crippen molar-refractivity contribution in [3.8, 4) is 11.1 Å². The predicted molar refractivity (Wildman–Crippen MR) is 110 cm³/mol. The molecule has 3 aromatic carbocycles. The number of hydrogen-bond acceptors (Lipinski definition) is 3. The van der Waals surface area contributed by atoms with Crippen LogP contribution in [0.2, 0.25) is 0 Å². The molecule has 27 heavy (non-hydrogen) atoms. The van der Waals surface area contributed by atoms with Crippen molar-refractivity contribution in [3.63, 3.8) is 0 Å². The molecule has 1 aliphatic heterocycles. The van der Waals surface area contributed by atoms with Gasteiger partial charge in [0, 0.05) is 11.1 Å². The summed E-state index contributed by atoms with van der Waals surface area (Å²) in [6, 6.07) is 21.0. The molecule has 6 heteroatoms. The molecule has 0 saturated heterocycles. The fourth-order valence-corrected chi connectivity index (χ4v) is 5.85. The SMILES string of the molecule is Cc1ccc(S(=O)(=O)N2c3ccccc3-c3ccccc3C(=O)[C@@H]2Br)cc1. The lowest BCUT2D eigenvalue weighted by Gasteiger charge is -2.28. The second kappa shape index (κ2) is 6.62. The number of halogens is 1. The molecule has 0 N–H and O–H groups in total. The zero-order chi connectivity index (χ0) is 19.2. The van der Waals surface area contributed by atoms with Gasteiger partial charge in [0.2, 0.25) is 0 Å². The van der Waals surface area contributed by atoms with E-state index in [4.69, 9.17) is 0 Å². The molecule has 0 aromatic heterocycles. The minimum atomic E-state index is -3.95. The van der Waals surface area contributed by atoms with E-state index in [-0.39, 0.29) is 10.7 Å². The maximum atomic E-state index is 13.5. The van der Waals surface area contributed by atoms with Gasteiger partial charge >= 0.3 is 0 Å². The molecule has 1 heterocycles. The van der Waals surface area contributed by atoms with Crippen molar-refractivity contribution in [2.45, 2.75) is 16.8 Å². The number of Topliss-reactive ketones (excluding diaryl/α,β-unsaturated/α-hetero) is 1. The van der Waals surface area contributed by atoms with Gasteiger partial charge in [-0.1, -0.05) is 76.1 Å². The zero-order valence-electron chi connectivity index (χ0n) is 14.5. The highest BCUT2D eigenvalue weighted by atomic mass is 79.9. The predicted octanol–water partition coefficient (Wildman–Crippen LogP) is 4.77. The summed E-state index contributed by atoms with van der Waals surface area (Å²) in [6.07, 6.45) is 0. The molecule has 1 aliphatic rings. The maximum absolute atomic E-state index is 13.5. The number of alkyl halides is 1. The molecule has 0 radical (unpaired) electrons. The van der Waals surface area contributed by atoms with Gasteiger partial charge in [0.05, 0.1) is 10.6 Å². The van der Waals surface area contributed by atoms with Crippen molar-refractivity contribution in [1.29, 1.82) is 0 Å². The molecule has 0 fully saturated rings. The van der Waals surface area contributed by atoms with Gasteiger partial charge in [0.25, 0.3) is 10.0 Å². The van der Waals surface area contributed by atoms with Gasteiger partial charge in [0.1, 0.15) is 0 Å². The fourth-order valence-electron chi connectivity index (χ4n) is 3.26. The third kappa shape index (κ3) is 2.89. The highest BCUT2D eigenvalue weighted by Crippen LogP contribution is 2.42. The number of anilines is 1. The Labute approximate surface area is 166 Å². The Balaban J connectivity index is 1.99. The number of sulfonamides is 1. The minimum Gasteiger partial charge on any atom is -0.291 e. The van der Waals surface area contributed by atoms with E-state index in [2.05, 4.69) is 15.9 Å². The Morgan fingerprint density at radius 2 is 1.37 bits per heavy atom. The molecule has 4 rings (SSSR count). The van der Waals surface area contributed by atoms with Crippen LogP contribution >= 0.6 is 15.9 Å². The lowest BCUT2D eigenvalue weighted by Crippen LogP contribution is -2.41. The highest BCUT2D eigenvalue weighted by Gasteiger charge is 2.39. The number of aryl methyl sites for hydroxylation is 1. The first kappa shape index (κ1) is 17.9. The first-order valence-electron chi connectivity index (χ1n) is 8.39. The van der Waals surface area contributed by atoms with Crippen LogP contribution in [0, 0.1) is 6.92 Å². The number of carbonyl (C=O) groups is 1. The molecule has 0 saturated carbocycles. The summed E-state index contributed by atoms with van der Waals surface area (Å²) < 4.78 is 28.1. The van der Waals surface area contributed by atoms with Crippen LogP contribution in [0.1, 0.15) is 15.9 Å². The molecule has 0 unspecified atom stereocenters. The summed E-state index contributed by atoms with van der Waals surface area (Å²) in [7, 11) is -3.95. The normalized spacial score (nSPS) is 16.4. The Morgan fingerprint density at radius 3 is 2.04 bits per heavy atom. The van der Waals surface area contributed by atoms with Gasteiger partial charge in [0.15, 0.2) is 10.7 Å². The standard InChI is InChI=1S/C21H16BrNO3S/c1-14-10-12-15(13-11-14)27(25,26)23-19-9-5-4-7-17(19)16-6-2-3-8-18(16)20(24)21(23)22/h2-13,21H,1H3/t21-/m1/s1. The molecule has 0 amide bonds. The van der Waals surface area contributed by atoms with Crippen LogP contribution in [-0.2, 0) is 10.0 Å². The van der Waals surface area contributed by atoms with Gasteiger partial charge in [-0.2, -0.15) is 0 Å². The Morgan fingerprint density at radius 1 is 0.815 bits per heavy atom. The van der Waals surface area contributed by atoms with E-state index < -0.39 is 15.0 Å². The number of hydrogen-bond donors (Lipinski definition) is 0. The number of carbonyl (C=O) groups excluding carboxylic acids is 1. The number of benzene rings is 3. The molecule has 0 bridgehead atoms. The topological polar surface area (TPSA) is 54.5 Å². The molecular weight excluding hydrogens is 426 g/mol. The average Bonchev–Trinajstić information content (AvgIpc) is 2.77. The summed E-state index contributed by atoms with van der Waals surface area (Å²) in [6.45, 7) is 1.89. The number of fused-ring (bicyclic) bond motifs is 3. The van der Waals surface area contributed by atoms with Crippen molar-refractivity contribution in [1.82, 2.24) is 0 Å². The van der Waals surface area contributed by atoms with E-state index in [9.17, 15) is 13.2 Å². The summed E-state index contributed by atoms with van der Waals surface area (Å²) in [5, 5.41) is 0. The molecule has 3 aromatic rings. The van der Waals surface area contributed by atoms with E-state index in [1.165, 1.54) is 4.31 Å². The van der Waals surface area contributed by atoms with Crippen LogP contribution in [0.4, 0.5) is 5.69 Å². The summed E-state index contributed by atoms with van der Waals surface area (Å²) in [5.41, 5.74) is 3.36. The molecular formula is C21H16BrNO3S. The Bertz CT molecular complexity index is 1140. The van der Waals surface area contributed by atoms with Crippen LogP contribution < -0.4 is 4.31 Å². The molecule has 0 aliphatic carbocycles. The van der Waals surface area contributed by atoms with Gasteiger partial charge < -0.3 is 0 Å². The van der Waals surface area contributed by atoms with E-state index >= 15 is 0 Å². The lowest BCUT2D eigenvalue weighted by molar-refractivity contribution is 0.0995. The Hall–Kier alpha value is -2.44. The fraction of sp³-hybridized carbons (Fsp3) is 0.0952. The van der Waals surface area contributed by atoms with Crippen molar-refractivity contribution in [2.24, 2.45) is 0 Å². The summed E-state index contributed by atoms with van der Waals surface area (Å²) >= 11 is 3.35. The molecule has 4 nitrogen and oxygen atoms in total. The van der Waals surface area contributed by atoms with Crippen molar-refractivity contribution in [3.05, 3.63) is 83.9 Å². The van der Waals surface area contributed by atoms with E-state index in [1.54, 1.807) is 48.5 Å². The van der Waals surface area contributed by atoms with Crippen LogP contribution in [-0.4, -0.2) is 19.2 Å². The monoisotopic (exact) mass is 441 g/mol. The first-order valence-corrected chi connectivity index (χ1v) is 10.7. The molecule has 1 atom stereocenters. The van der Waals surface area contributed by atoms with Crippen molar-refractivity contribution in [2.75, 3.05) is 4.31 Å². The van der Waals surface area contributed by atoms with E-state index in [1.807, 2.05) is 31.2 Å². The maximum Gasteiger partial charge on any atom is 0.265 e. The summed E-state index contributed by atoms with van der Waals surface area (Å²) in [4.78, 5) is 12.2. The van der Waals surface area contributed by atoms with Crippen molar-refractivity contribution >= 4 is 37.4 Å². The second-order valence-corrected chi connectivity index (χ2v) is 9.06. The third-order valence-corrected chi connectivity index (χ3v) is 7.51. The van der Waals surface area contributed by atoms with Gasteiger partial charge in [-0.25, -0.2) is 12.7 Å². The lowest BCUT2D eigenvalue weighted by atomic mass is 9.97. The molecule has 0 spiro atoms. The average molecular weight is 442 g/mol. The van der Waals surface area contributed by atoms with Crippen LogP contribution in [0.3, 0.4) is 0 Å². The highest BCUT2D eigenvalue weighted by molar-refractivity contribution is 9.10. The first-order chi connectivity index (χ1) is 12.9. The van der Waals surface area contributed by atoms with Crippen molar-refractivity contribution < 1.29 is 13.2 Å². The smallest absolute Gasteiger partial charge is 0.265 e. The van der Waals surface area contributed by atoms with Gasteiger partial charge in [-0.05, 0) is 30.7 Å². The van der Waals surface area contributed by atoms with Gasteiger partial charge in [-0.15, -0.1) is 0 Å². The number of ketones is 1.